The molecule has 0 aromatic heterocycles. The Balaban J connectivity index is 2.90. The molecule has 1 unspecified atom stereocenters. The Morgan fingerprint density at radius 2 is 2.11 bits per heavy atom. The quantitative estimate of drug-likeness (QED) is 0.826. The van der Waals surface area contributed by atoms with Crippen LogP contribution in [0.2, 0.25) is 5.02 Å². The highest BCUT2D eigenvalue weighted by molar-refractivity contribution is 6.31. The summed E-state index contributed by atoms with van der Waals surface area (Å²) < 4.78 is 0. The van der Waals surface area contributed by atoms with E-state index in [2.05, 4.69) is 17.6 Å². The van der Waals surface area contributed by atoms with Crippen LogP contribution in [0.15, 0.2) is 18.2 Å². The first kappa shape index (κ1) is 14.8. The lowest BCUT2D eigenvalue weighted by Crippen LogP contribution is -2.32. The van der Waals surface area contributed by atoms with E-state index in [1.165, 1.54) is 0 Å². The topological polar surface area (TPSA) is 41.1 Å². The summed E-state index contributed by atoms with van der Waals surface area (Å²) in [7, 11) is 0. The van der Waals surface area contributed by atoms with Crippen molar-refractivity contribution < 1.29 is 4.79 Å². The molecular formula is C14H21ClN2O. The maximum atomic E-state index is 12.1. The van der Waals surface area contributed by atoms with Crippen LogP contribution in [0, 0.1) is 0 Å². The number of anilines is 1. The lowest BCUT2D eigenvalue weighted by atomic mass is 10.1. The first-order chi connectivity index (χ1) is 8.58. The summed E-state index contributed by atoms with van der Waals surface area (Å²) in [5.74, 6) is -0.0783. The predicted octanol–water partition coefficient (Wildman–Crippen LogP) is 3.69. The van der Waals surface area contributed by atoms with Crippen molar-refractivity contribution in [2.45, 2.75) is 39.7 Å². The number of nitrogens with one attached hydrogen (secondary N) is 2. The second-order valence-electron chi connectivity index (χ2n) is 4.40. The van der Waals surface area contributed by atoms with E-state index >= 15 is 0 Å². The minimum absolute atomic E-state index is 0.0783. The van der Waals surface area contributed by atoms with E-state index in [9.17, 15) is 4.79 Å². The third-order valence-corrected chi connectivity index (χ3v) is 3.02. The Kier molecular flexibility index (Phi) is 5.99. The molecule has 0 aliphatic carbocycles. The van der Waals surface area contributed by atoms with Crippen LogP contribution < -0.4 is 10.6 Å². The highest BCUT2D eigenvalue weighted by Crippen LogP contribution is 2.21. The van der Waals surface area contributed by atoms with Gasteiger partial charge in [-0.15, -0.1) is 0 Å². The highest BCUT2D eigenvalue weighted by atomic mass is 35.5. The van der Waals surface area contributed by atoms with Crippen LogP contribution in [-0.4, -0.2) is 18.5 Å². The average Bonchev–Trinajstić information content (AvgIpc) is 2.36. The van der Waals surface area contributed by atoms with Gasteiger partial charge in [0.2, 0.25) is 0 Å². The molecule has 0 saturated heterocycles. The van der Waals surface area contributed by atoms with Crippen molar-refractivity contribution in [2.75, 3.05) is 11.9 Å². The predicted molar refractivity (Wildman–Crippen MR) is 77.5 cm³/mol. The van der Waals surface area contributed by atoms with Gasteiger partial charge in [-0.1, -0.05) is 25.4 Å². The fourth-order valence-electron chi connectivity index (χ4n) is 1.52. The number of carbonyl (C=O) groups excluding carboxylic acids is 1. The molecule has 3 nitrogen and oxygen atoms in total. The molecule has 0 aliphatic rings. The van der Waals surface area contributed by atoms with Gasteiger partial charge in [-0.2, -0.15) is 0 Å². The molecule has 1 aromatic rings. The first-order valence-electron chi connectivity index (χ1n) is 6.42. The van der Waals surface area contributed by atoms with Gasteiger partial charge >= 0.3 is 0 Å². The molecule has 1 amide bonds. The molecular weight excluding hydrogens is 248 g/mol. The zero-order valence-electron chi connectivity index (χ0n) is 11.2. The number of benzene rings is 1. The summed E-state index contributed by atoms with van der Waals surface area (Å²) in [6, 6.07) is 5.51. The van der Waals surface area contributed by atoms with Gasteiger partial charge in [0, 0.05) is 23.3 Å². The van der Waals surface area contributed by atoms with Crippen LogP contribution in [0.1, 0.15) is 44.0 Å². The highest BCUT2D eigenvalue weighted by Gasteiger charge is 2.13. The molecule has 0 aliphatic heterocycles. The Labute approximate surface area is 114 Å². The first-order valence-corrected chi connectivity index (χ1v) is 6.80. The van der Waals surface area contributed by atoms with Crippen LogP contribution in [0.25, 0.3) is 0 Å². The Morgan fingerprint density at radius 1 is 1.39 bits per heavy atom. The van der Waals surface area contributed by atoms with Crippen molar-refractivity contribution in [2.24, 2.45) is 0 Å². The molecule has 100 valence electrons. The molecule has 1 atom stereocenters. The second-order valence-corrected chi connectivity index (χ2v) is 4.84. The smallest absolute Gasteiger partial charge is 0.253 e. The van der Waals surface area contributed by atoms with Gasteiger partial charge < -0.3 is 10.6 Å². The van der Waals surface area contributed by atoms with Gasteiger partial charge in [0.25, 0.3) is 5.91 Å². The van der Waals surface area contributed by atoms with Gasteiger partial charge in [-0.25, -0.2) is 0 Å². The molecule has 0 fully saturated rings. The van der Waals surface area contributed by atoms with Crippen LogP contribution in [-0.2, 0) is 0 Å². The third kappa shape index (κ3) is 4.22. The largest absolute Gasteiger partial charge is 0.384 e. The van der Waals surface area contributed by atoms with Crippen LogP contribution in [0.5, 0.6) is 0 Å². The van der Waals surface area contributed by atoms with Crippen molar-refractivity contribution >= 4 is 23.2 Å². The van der Waals surface area contributed by atoms with Gasteiger partial charge in [-0.3, -0.25) is 4.79 Å². The number of hydrogen-bond donors (Lipinski definition) is 2. The lowest BCUT2D eigenvalue weighted by molar-refractivity contribution is 0.0940. The summed E-state index contributed by atoms with van der Waals surface area (Å²) in [6.45, 7) is 6.95. The number of hydrogen-bond acceptors (Lipinski definition) is 2. The fraction of sp³-hybridized carbons (Fsp3) is 0.500. The molecule has 0 spiro atoms. The monoisotopic (exact) mass is 268 g/mol. The average molecular weight is 269 g/mol. The van der Waals surface area contributed by atoms with Crippen molar-refractivity contribution in [1.82, 2.24) is 5.32 Å². The molecule has 18 heavy (non-hydrogen) atoms. The summed E-state index contributed by atoms with van der Waals surface area (Å²) in [4.78, 5) is 12.1. The molecule has 1 aromatic carbocycles. The molecule has 2 N–H and O–H groups in total. The number of carbonyl (C=O) groups is 1. The van der Waals surface area contributed by atoms with Crippen LogP contribution >= 0.6 is 11.6 Å². The van der Waals surface area contributed by atoms with Gasteiger partial charge in [-0.05, 0) is 38.0 Å². The van der Waals surface area contributed by atoms with Gasteiger partial charge in [0.05, 0.1) is 5.56 Å². The fourth-order valence-corrected chi connectivity index (χ4v) is 1.69. The van der Waals surface area contributed by atoms with E-state index in [-0.39, 0.29) is 11.9 Å². The molecule has 0 radical (unpaired) electrons. The summed E-state index contributed by atoms with van der Waals surface area (Å²) in [6.07, 6.45) is 1.92. The van der Waals surface area contributed by atoms with Crippen molar-refractivity contribution in [3.8, 4) is 0 Å². The molecule has 4 heteroatoms. The van der Waals surface area contributed by atoms with E-state index in [0.29, 0.717) is 10.6 Å². The minimum Gasteiger partial charge on any atom is -0.384 e. The minimum atomic E-state index is -0.0783. The number of amides is 1. The SMILES string of the molecule is CCCNc1ccc(Cl)cc1C(=O)NC(C)CC. The summed E-state index contributed by atoms with van der Waals surface area (Å²) in [5, 5.41) is 6.77. The van der Waals surface area contributed by atoms with E-state index in [1.54, 1.807) is 12.1 Å². The summed E-state index contributed by atoms with van der Waals surface area (Å²) in [5.41, 5.74) is 1.44. The number of halogens is 1. The van der Waals surface area contributed by atoms with Crippen molar-refractivity contribution in [3.63, 3.8) is 0 Å². The van der Waals surface area contributed by atoms with Gasteiger partial charge in [0.1, 0.15) is 0 Å². The lowest BCUT2D eigenvalue weighted by Gasteiger charge is -2.15. The maximum absolute atomic E-state index is 12.1. The van der Waals surface area contributed by atoms with Crippen molar-refractivity contribution in [1.29, 1.82) is 0 Å². The van der Waals surface area contributed by atoms with Crippen LogP contribution in [0.3, 0.4) is 0 Å². The zero-order valence-corrected chi connectivity index (χ0v) is 12.0. The van der Waals surface area contributed by atoms with E-state index in [4.69, 9.17) is 11.6 Å². The Morgan fingerprint density at radius 3 is 2.72 bits per heavy atom. The standard InChI is InChI=1S/C14H21ClN2O/c1-4-8-16-13-7-6-11(15)9-12(13)14(18)17-10(3)5-2/h6-7,9-10,16H,4-5,8H2,1-3H3,(H,17,18). The third-order valence-electron chi connectivity index (χ3n) is 2.78. The van der Waals surface area contributed by atoms with E-state index < -0.39 is 0 Å². The van der Waals surface area contributed by atoms with Gasteiger partial charge in [0.15, 0.2) is 0 Å². The zero-order chi connectivity index (χ0) is 13.5. The number of rotatable bonds is 6. The molecule has 0 heterocycles. The van der Waals surface area contributed by atoms with E-state index in [0.717, 1.165) is 25.1 Å². The maximum Gasteiger partial charge on any atom is 0.253 e. The molecule has 0 saturated carbocycles. The van der Waals surface area contributed by atoms with E-state index in [1.807, 2.05) is 19.9 Å². The Bertz CT molecular complexity index is 407. The van der Waals surface area contributed by atoms with Crippen molar-refractivity contribution in [3.05, 3.63) is 28.8 Å². The molecule has 1 rings (SSSR count). The normalized spacial score (nSPS) is 12.0. The van der Waals surface area contributed by atoms with Crippen LogP contribution in [0.4, 0.5) is 5.69 Å². The second kappa shape index (κ2) is 7.27. The molecule has 0 bridgehead atoms. The Hall–Kier alpha value is -1.22. The summed E-state index contributed by atoms with van der Waals surface area (Å²) >= 11 is 5.96.